The predicted molar refractivity (Wildman–Crippen MR) is 72.3 cm³/mol. The lowest BCUT2D eigenvalue weighted by molar-refractivity contribution is 0.416. The summed E-state index contributed by atoms with van der Waals surface area (Å²) in [6.07, 6.45) is 3.60. The van der Waals surface area contributed by atoms with Gasteiger partial charge in [0.2, 0.25) is 0 Å². The van der Waals surface area contributed by atoms with Crippen LogP contribution in [0.1, 0.15) is 5.56 Å². The first-order valence-corrected chi connectivity index (χ1v) is 6.06. The van der Waals surface area contributed by atoms with Gasteiger partial charge < -0.3 is 10.1 Å². The number of pyridine rings is 1. The van der Waals surface area contributed by atoms with Gasteiger partial charge in [-0.3, -0.25) is 4.98 Å². The molecule has 1 heterocycles. The van der Waals surface area contributed by atoms with Crippen LogP contribution in [0.25, 0.3) is 0 Å². The van der Waals surface area contributed by atoms with E-state index >= 15 is 0 Å². The highest BCUT2D eigenvalue weighted by Crippen LogP contribution is 2.24. The summed E-state index contributed by atoms with van der Waals surface area (Å²) < 4.78 is 6.32. The molecule has 2 rings (SSSR count). The number of para-hydroxylation sites is 2. The first kappa shape index (κ1) is 11.9. The van der Waals surface area contributed by atoms with Crippen LogP contribution in [0.5, 0.6) is 5.75 Å². The summed E-state index contributed by atoms with van der Waals surface area (Å²) in [7, 11) is 1.67. The van der Waals surface area contributed by atoms with Crippen molar-refractivity contribution >= 4 is 21.6 Å². The van der Waals surface area contributed by atoms with Gasteiger partial charge in [0.1, 0.15) is 5.75 Å². The second kappa shape index (κ2) is 5.68. The van der Waals surface area contributed by atoms with E-state index in [0.717, 1.165) is 21.5 Å². The molecule has 1 N–H and O–H groups in total. The molecule has 1 aromatic carbocycles. The Morgan fingerprint density at radius 3 is 2.88 bits per heavy atom. The first-order valence-electron chi connectivity index (χ1n) is 5.26. The van der Waals surface area contributed by atoms with Crippen LogP contribution in [0, 0.1) is 0 Å². The highest BCUT2D eigenvalue weighted by Gasteiger charge is 2.02. The molecular formula is C13H13BrN2O. The average Bonchev–Trinajstić information content (AvgIpc) is 2.38. The molecule has 88 valence electrons. The maximum absolute atomic E-state index is 5.27. The largest absolute Gasteiger partial charge is 0.495 e. The van der Waals surface area contributed by atoms with Gasteiger partial charge in [0.25, 0.3) is 0 Å². The van der Waals surface area contributed by atoms with E-state index in [1.54, 1.807) is 13.3 Å². The lowest BCUT2D eigenvalue weighted by Gasteiger charge is -2.11. The number of nitrogens with zero attached hydrogens (tertiary/aromatic N) is 1. The maximum atomic E-state index is 5.27. The van der Waals surface area contributed by atoms with Gasteiger partial charge in [-0.25, -0.2) is 0 Å². The molecule has 0 radical (unpaired) electrons. The summed E-state index contributed by atoms with van der Waals surface area (Å²) in [6.45, 7) is 0.703. The van der Waals surface area contributed by atoms with Crippen LogP contribution in [0.4, 0.5) is 5.69 Å². The minimum absolute atomic E-state index is 0.703. The fourth-order valence-electron chi connectivity index (χ4n) is 1.52. The average molecular weight is 293 g/mol. The minimum atomic E-state index is 0.703. The highest BCUT2D eigenvalue weighted by atomic mass is 79.9. The van der Waals surface area contributed by atoms with Crippen molar-refractivity contribution in [1.82, 2.24) is 4.98 Å². The fourth-order valence-corrected chi connectivity index (χ4v) is 1.88. The zero-order valence-electron chi connectivity index (χ0n) is 9.48. The smallest absolute Gasteiger partial charge is 0.141 e. The predicted octanol–water partition coefficient (Wildman–Crippen LogP) is 3.46. The summed E-state index contributed by atoms with van der Waals surface area (Å²) in [5.74, 6) is 0.840. The van der Waals surface area contributed by atoms with Crippen molar-refractivity contribution in [1.29, 1.82) is 0 Å². The molecule has 0 amide bonds. The molecule has 0 aliphatic rings. The molecule has 1 aromatic heterocycles. The van der Waals surface area contributed by atoms with Gasteiger partial charge in [0, 0.05) is 29.0 Å². The van der Waals surface area contributed by atoms with Crippen molar-refractivity contribution in [2.75, 3.05) is 12.4 Å². The Morgan fingerprint density at radius 1 is 1.29 bits per heavy atom. The molecule has 0 aliphatic carbocycles. The maximum Gasteiger partial charge on any atom is 0.141 e. The summed E-state index contributed by atoms with van der Waals surface area (Å²) in [4.78, 5) is 4.10. The monoisotopic (exact) mass is 292 g/mol. The Morgan fingerprint density at radius 2 is 2.12 bits per heavy atom. The van der Waals surface area contributed by atoms with E-state index in [0.29, 0.717) is 6.54 Å². The van der Waals surface area contributed by atoms with Crippen molar-refractivity contribution in [2.45, 2.75) is 6.54 Å². The van der Waals surface area contributed by atoms with Crippen LogP contribution in [0.3, 0.4) is 0 Å². The number of hydrogen-bond donors (Lipinski definition) is 1. The molecule has 0 atom stereocenters. The van der Waals surface area contributed by atoms with Gasteiger partial charge in [-0.1, -0.05) is 28.1 Å². The SMILES string of the molecule is COc1ccccc1NCc1cnccc1Br. The van der Waals surface area contributed by atoms with Crippen LogP contribution >= 0.6 is 15.9 Å². The van der Waals surface area contributed by atoms with Crippen LogP contribution in [0.15, 0.2) is 47.2 Å². The Kier molecular flexibility index (Phi) is 3.98. The number of halogens is 1. The number of methoxy groups -OCH3 is 1. The Hall–Kier alpha value is -1.55. The van der Waals surface area contributed by atoms with Gasteiger partial charge in [-0.05, 0) is 18.2 Å². The fraction of sp³-hybridized carbons (Fsp3) is 0.154. The Labute approximate surface area is 109 Å². The standard InChI is InChI=1S/C13H13BrN2O/c1-17-13-5-3-2-4-12(13)16-9-10-8-15-7-6-11(10)14/h2-8,16H,9H2,1H3. The summed E-state index contributed by atoms with van der Waals surface area (Å²) in [6, 6.07) is 9.77. The van der Waals surface area contributed by atoms with Gasteiger partial charge in [-0.2, -0.15) is 0 Å². The lowest BCUT2D eigenvalue weighted by atomic mass is 10.2. The van der Waals surface area contributed by atoms with E-state index in [4.69, 9.17) is 4.74 Å². The van der Waals surface area contributed by atoms with Gasteiger partial charge >= 0.3 is 0 Å². The van der Waals surface area contributed by atoms with E-state index in [-0.39, 0.29) is 0 Å². The molecule has 0 unspecified atom stereocenters. The van der Waals surface area contributed by atoms with E-state index in [9.17, 15) is 0 Å². The summed E-state index contributed by atoms with van der Waals surface area (Å²) in [5, 5.41) is 3.33. The van der Waals surface area contributed by atoms with E-state index in [1.165, 1.54) is 0 Å². The number of aromatic nitrogens is 1. The second-order valence-corrected chi connectivity index (χ2v) is 4.38. The molecule has 3 nitrogen and oxygen atoms in total. The molecule has 0 bridgehead atoms. The van der Waals surface area contributed by atoms with Gasteiger partial charge in [0.05, 0.1) is 12.8 Å². The molecule has 2 aromatic rings. The third kappa shape index (κ3) is 2.97. The number of ether oxygens (including phenoxy) is 1. The van der Waals surface area contributed by atoms with Crippen molar-refractivity contribution in [3.63, 3.8) is 0 Å². The minimum Gasteiger partial charge on any atom is -0.495 e. The molecule has 0 saturated heterocycles. The molecule has 0 fully saturated rings. The second-order valence-electron chi connectivity index (χ2n) is 3.52. The van der Waals surface area contributed by atoms with Crippen LogP contribution in [-0.4, -0.2) is 12.1 Å². The van der Waals surface area contributed by atoms with Crippen LogP contribution < -0.4 is 10.1 Å². The molecule has 0 spiro atoms. The number of anilines is 1. The number of benzene rings is 1. The third-order valence-corrected chi connectivity index (χ3v) is 3.19. The summed E-state index contributed by atoms with van der Waals surface area (Å²) >= 11 is 3.49. The van der Waals surface area contributed by atoms with Crippen molar-refractivity contribution in [2.24, 2.45) is 0 Å². The molecule has 4 heteroatoms. The zero-order valence-corrected chi connectivity index (χ0v) is 11.1. The molecular weight excluding hydrogens is 280 g/mol. The number of rotatable bonds is 4. The number of hydrogen-bond acceptors (Lipinski definition) is 3. The molecule has 0 saturated carbocycles. The van der Waals surface area contributed by atoms with E-state index in [2.05, 4.69) is 26.2 Å². The summed E-state index contributed by atoms with van der Waals surface area (Å²) in [5.41, 5.74) is 2.09. The molecule has 17 heavy (non-hydrogen) atoms. The van der Waals surface area contributed by atoms with Crippen molar-refractivity contribution in [3.05, 3.63) is 52.8 Å². The third-order valence-electron chi connectivity index (χ3n) is 2.42. The highest BCUT2D eigenvalue weighted by molar-refractivity contribution is 9.10. The zero-order chi connectivity index (χ0) is 12.1. The number of nitrogens with one attached hydrogen (secondary N) is 1. The lowest BCUT2D eigenvalue weighted by Crippen LogP contribution is -2.02. The quantitative estimate of drug-likeness (QED) is 0.937. The van der Waals surface area contributed by atoms with Gasteiger partial charge in [0.15, 0.2) is 0 Å². The van der Waals surface area contributed by atoms with Crippen molar-refractivity contribution in [3.8, 4) is 5.75 Å². The topological polar surface area (TPSA) is 34.1 Å². The Bertz CT molecular complexity index is 502. The Balaban J connectivity index is 2.10. The van der Waals surface area contributed by atoms with Gasteiger partial charge in [-0.15, -0.1) is 0 Å². The normalized spacial score (nSPS) is 10.0. The van der Waals surface area contributed by atoms with Crippen LogP contribution in [0.2, 0.25) is 0 Å². The first-order chi connectivity index (χ1) is 8.31. The molecule has 0 aliphatic heterocycles. The van der Waals surface area contributed by atoms with Crippen LogP contribution in [-0.2, 0) is 6.54 Å². The van der Waals surface area contributed by atoms with Crippen molar-refractivity contribution < 1.29 is 4.74 Å². The van der Waals surface area contributed by atoms with E-state index in [1.807, 2.05) is 36.5 Å². The van der Waals surface area contributed by atoms with E-state index < -0.39 is 0 Å².